The lowest BCUT2D eigenvalue weighted by atomic mass is 9.85. The van der Waals surface area contributed by atoms with Crippen molar-refractivity contribution >= 4 is 0 Å². The van der Waals surface area contributed by atoms with Crippen molar-refractivity contribution in [1.29, 1.82) is 0 Å². The molecule has 0 radical (unpaired) electrons. The molecule has 3 atom stereocenters. The van der Waals surface area contributed by atoms with Gasteiger partial charge in [0.05, 0.1) is 6.61 Å². The van der Waals surface area contributed by atoms with Crippen molar-refractivity contribution < 1.29 is 9.84 Å². The molecule has 20 heavy (non-hydrogen) atoms. The first-order chi connectivity index (χ1) is 9.60. The van der Waals surface area contributed by atoms with Gasteiger partial charge < -0.3 is 15.2 Å². The Labute approximate surface area is 122 Å². The van der Waals surface area contributed by atoms with Crippen LogP contribution in [0.1, 0.15) is 51.6 Å². The molecule has 3 unspecified atom stereocenters. The van der Waals surface area contributed by atoms with E-state index < -0.39 is 0 Å². The number of para-hydroxylation sites is 1. The van der Waals surface area contributed by atoms with Crippen molar-refractivity contribution in [3.8, 4) is 5.75 Å². The molecule has 0 aliphatic heterocycles. The fourth-order valence-electron chi connectivity index (χ4n) is 3.22. The molecule has 1 aromatic rings. The molecule has 1 aromatic carbocycles. The summed E-state index contributed by atoms with van der Waals surface area (Å²) in [5.74, 6) is 0.957. The Morgan fingerprint density at radius 1 is 1.45 bits per heavy atom. The van der Waals surface area contributed by atoms with Gasteiger partial charge in [0.2, 0.25) is 0 Å². The van der Waals surface area contributed by atoms with Crippen molar-refractivity contribution in [1.82, 2.24) is 5.32 Å². The Hall–Kier alpha value is -1.06. The fraction of sp³-hybridized carbons (Fsp3) is 0.647. The van der Waals surface area contributed by atoms with Gasteiger partial charge in [-0.15, -0.1) is 0 Å². The van der Waals surface area contributed by atoms with Crippen LogP contribution in [0.3, 0.4) is 0 Å². The minimum absolute atomic E-state index is 0.00875. The molecule has 2 rings (SSSR count). The summed E-state index contributed by atoms with van der Waals surface area (Å²) in [5, 5.41) is 13.3. The number of rotatable bonds is 6. The molecule has 0 bridgehead atoms. The predicted octanol–water partition coefficient (Wildman–Crippen LogP) is 3.29. The van der Waals surface area contributed by atoms with Crippen LogP contribution in [0.15, 0.2) is 24.3 Å². The zero-order valence-electron chi connectivity index (χ0n) is 12.9. The summed E-state index contributed by atoms with van der Waals surface area (Å²) in [4.78, 5) is 0. The Bertz CT molecular complexity index is 435. The molecule has 1 saturated carbocycles. The van der Waals surface area contributed by atoms with Crippen LogP contribution in [0, 0.1) is 5.41 Å². The number of ether oxygens (including phenoxy) is 1. The number of aliphatic hydroxyl groups excluding tert-OH is 1. The fourth-order valence-corrected chi connectivity index (χ4v) is 3.22. The highest BCUT2D eigenvalue weighted by Crippen LogP contribution is 2.39. The second-order valence-electron chi connectivity index (χ2n) is 6.12. The van der Waals surface area contributed by atoms with Gasteiger partial charge in [0.15, 0.2) is 0 Å². The predicted molar refractivity (Wildman–Crippen MR) is 82.0 cm³/mol. The lowest BCUT2D eigenvalue weighted by Gasteiger charge is -2.33. The summed E-state index contributed by atoms with van der Waals surface area (Å²) in [7, 11) is 0. The third-order valence-electron chi connectivity index (χ3n) is 4.58. The number of nitrogens with one attached hydrogen (secondary N) is 1. The second kappa shape index (κ2) is 6.59. The first-order valence-electron chi connectivity index (χ1n) is 7.69. The van der Waals surface area contributed by atoms with Gasteiger partial charge in [-0.05, 0) is 32.8 Å². The molecule has 1 aliphatic rings. The standard InChI is InChI=1S/C17H27NO2/c1-4-20-15-9-6-5-8-14(15)13(2)18-16-10-7-11-17(16,3)12-19/h5-6,8-9,13,16,18-19H,4,7,10-12H2,1-3H3. The monoisotopic (exact) mass is 277 g/mol. The Kier molecular flexibility index (Phi) is 5.06. The van der Waals surface area contributed by atoms with Crippen molar-refractivity contribution in [3.05, 3.63) is 29.8 Å². The third kappa shape index (κ3) is 3.15. The zero-order chi connectivity index (χ0) is 14.6. The van der Waals surface area contributed by atoms with Crippen LogP contribution in [0.4, 0.5) is 0 Å². The first kappa shape index (κ1) is 15.3. The highest BCUT2D eigenvalue weighted by atomic mass is 16.5. The number of benzene rings is 1. The van der Waals surface area contributed by atoms with Crippen LogP contribution in [-0.2, 0) is 0 Å². The van der Waals surface area contributed by atoms with E-state index in [0.717, 1.165) is 18.6 Å². The van der Waals surface area contributed by atoms with Crippen molar-refractivity contribution in [3.63, 3.8) is 0 Å². The van der Waals surface area contributed by atoms with E-state index in [1.807, 2.05) is 19.1 Å². The van der Waals surface area contributed by atoms with E-state index in [2.05, 4.69) is 31.3 Å². The van der Waals surface area contributed by atoms with Crippen LogP contribution in [0.2, 0.25) is 0 Å². The third-order valence-corrected chi connectivity index (χ3v) is 4.58. The number of hydrogen-bond donors (Lipinski definition) is 2. The Balaban J connectivity index is 2.10. The van der Waals surface area contributed by atoms with E-state index in [4.69, 9.17) is 4.74 Å². The summed E-state index contributed by atoms with van der Waals surface area (Å²) in [6.45, 7) is 7.30. The average Bonchev–Trinajstić information content (AvgIpc) is 2.82. The highest BCUT2D eigenvalue weighted by Gasteiger charge is 2.38. The molecule has 0 amide bonds. The molecule has 112 valence electrons. The Morgan fingerprint density at radius 3 is 2.90 bits per heavy atom. The van der Waals surface area contributed by atoms with Gasteiger partial charge in [-0.2, -0.15) is 0 Å². The van der Waals surface area contributed by atoms with E-state index in [-0.39, 0.29) is 18.1 Å². The molecule has 3 heteroatoms. The maximum atomic E-state index is 9.65. The van der Waals surface area contributed by atoms with Gasteiger partial charge in [-0.1, -0.05) is 31.5 Å². The van der Waals surface area contributed by atoms with Gasteiger partial charge >= 0.3 is 0 Å². The van der Waals surface area contributed by atoms with Crippen molar-refractivity contribution in [2.75, 3.05) is 13.2 Å². The minimum Gasteiger partial charge on any atom is -0.494 e. The summed E-state index contributed by atoms with van der Waals surface area (Å²) in [5.41, 5.74) is 1.20. The first-order valence-corrected chi connectivity index (χ1v) is 7.69. The molecule has 1 fully saturated rings. The van der Waals surface area contributed by atoms with E-state index in [1.165, 1.54) is 12.0 Å². The van der Waals surface area contributed by atoms with Crippen molar-refractivity contribution in [2.24, 2.45) is 5.41 Å². The quantitative estimate of drug-likeness (QED) is 0.838. The molecule has 2 N–H and O–H groups in total. The number of hydrogen-bond acceptors (Lipinski definition) is 3. The summed E-state index contributed by atoms with van der Waals surface area (Å²) < 4.78 is 5.71. The van der Waals surface area contributed by atoms with E-state index in [9.17, 15) is 5.11 Å². The minimum atomic E-state index is 0.00875. The maximum absolute atomic E-state index is 9.65. The van der Waals surface area contributed by atoms with Crippen LogP contribution in [0.25, 0.3) is 0 Å². The summed E-state index contributed by atoms with van der Waals surface area (Å²) >= 11 is 0. The smallest absolute Gasteiger partial charge is 0.124 e. The van der Waals surface area contributed by atoms with E-state index >= 15 is 0 Å². The lowest BCUT2D eigenvalue weighted by molar-refractivity contribution is 0.114. The molecule has 0 saturated heterocycles. The SMILES string of the molecule is CCOc1ccccc1C(C)NC1CCCC1(C)CO. The van der Waals surface area contributed by atoms with Gasteiger partial charge in [-0.3, -0.25) is 0 Å². The van der Waals surface area contributed by atoms with Crippen LogP contribution in [0.5, 0.6) is 5.75 Å². The van der Waals surface area contributed by atoms with Gasteiger partial charge in [0.1, 0.15) is 5.75 Å². The summed E-state index contributed by atoms with van der Waals surface area (Å²) in [6.07, 6.45) is 3.42. The summed E-state index contributed by atoms with van der Waals surface area (Å²) in [6, 6.07) is 8.80. The van der Waals surface area contributed by atoms with E-state index in [1.54, 1.807) is 0 Å². The van der Waals surface area contributed by atoms with Crippen LogP contribution >= 0.6 is 0 Å². The normalized spacial score (nSPS) is 27.5. The topological polar surface area (TPSA) is 41.5 Å². The van der Waals surface area contributed by atoms with Gasteiger partial charge in [-0.25, -0.2) is 0 Å². The second-order valence-corrected chi connectivity index (χ2v) is 6.12. The Morgan fingerprint density at radius 2 is 2.20 bits per heavy atom. The molecular formula is C17H27NO2. The molecule has 0 heterocycles. The molecule has 1 aliphatic carbocycles. The molecule has 3 nitrogen and oxygen atoms in total. The maximum Gasteiger partial charge on any atom is 0.124 e. The zero-order valence-corrected chi connectivity index (χ0v) is 12.9. The van der Waals surface area contributed by atoms with Crippen molar-refractivity contribution in [2.45, 2.75) is 52.1 Å². The largest absolute Gasteiger partial charge is 0.494 e. The highest BCUT2D eigenvalue weighted by molar-refractivity contribution is 5.35. The lowest BCUT2D eigenvalue weighted by Crippen LogP contribution is -2.42. The van der Waals surface area contributed by atoms with Gasteiger partial charge in [0.25, 0.3) is 0 Å². The number of aliphatic hydroxyl groups is 1. The average molecular weight is 277 g/mol. The van der Waals surface area contributed by atoms with Gasteiger partial charge in [0, 0.05) is 29.7 Å². The molecule has 0 spiro atoms. The van der Waals surface area contributed by atoms with Crippen LogP contribution < -0.4 is 10.1 Å². The van der Waals surface area contributed by atoms with Crippen LogP contribution in [-0.4, -0.2) is 24.4 Å². The molecular weight excluding hydrogens is 250 g/mol. The molecule has 0 aromatic heterocycles. The van der Waals surface area contributed by atoms with E-state index in [0.29, 0.717) is 12.6 Å².